The predicted molar refractivity (Wildman–Crippen MR) is 76.1 cm³/mol. The Hall–Kier alpha value is -0.990. The number of hydrogen-bond donors (Lipinski definition) is 1. The van der Waals surface area contributed by atoms with Crippen LogP contribution >= 0.6 is 0 Å². The minimum absolute atomic E-state index is 0.116. The zero-order valence-electron chi connectivity index (χ0n) is 12.1. The minimum Gasteiger partial charge on any atom is -0.317 e. The van der Waals surface area contributed by atoms with Crippen molar-refractivity contribution in [3.05, 3.63) is 12.2 Å². The summed E-state index contributed by atoms with van der Waals surface area (Å²) in [6, 6.07) is 0.116. The number of nitrogens with one attached hydrogen (secondary N) is 1. The van der Waals surface area contributed by atoms with Crippen molar-refractivity contribution in [2.45, 2.75) is 58.2 Å². The summed E-state index contributed by atoms with van der Waals surface area (Å²) in [6.07, 6.45) is 6.92. The van der Waals surface area contributed by atoms with Gasteiger partial charge in [0.15, 0.2) is 0 Å². The van der Waals surface area contributed by atoms with E-state index < -0.39 is 10.2 Å². The van der Waals surface area contributed by atoms with Crippen molar-refractivity contribution in [3.8, 4) is 0 Å². The van der Waals surface area contributed by atoms with Gasteiger partial charge in [0.2, 0.25) is 0 Å². The minimum atomic E-state index is -3.46. The number of aromatic nitrogens is 3. The molecular formula is C12H23N5O2S. The van der Waals surface area contributed by atoms with E-state index in [0.717, 1.165) is 32.2 Å². The quantitative estimate of drug-likeness (QED) is 0.846. The largest absolute Gasteiger partial charge is 0.317 e. The van der Waals surface area contributed by atoms with Crippen LogP contribution in [0.2, 0.25) is 0 Å². The second-order valence-corrected chi connectivity index (χ2v) is 6.98. The Bertz CT molecular complexity index is 522. The van der Waals surface area contributed by atoms with E-state index in [1.807, 2.05) is 11.5 Å². The van der Waals surface area contributed by atoms with Crippen molar-refractivity contribution in [1.29, 1.82) is 0 Å². The van der Waals surface area contributed by atoms with Gasteiger partial charge in [-0.05, 0) is 19.8 Å². The lowest BCUT2D eigenvalue weighted by Gasteiger charge is -2.30. The average molecular weight is 301 g/mol. The summed E-state index contributed by atoms with van der Waals surface area (Å²) in [5.74, 6) is 0.633. The lowest BCUT2D eigenvalue weighted by Crippen LogP contribution is -2.44. The smallest absolute Gasteiger partial charge is 0.279 e. The SMILES string of the molecule is CCn1cnnc1CNS(=O)(=O)N(C)C1CCCCC1. The van der Waals surface area contributed by atoms with Crippen molar-refractivity contribution in [3.63, 3.8) is 0 Å². The Kier molecular flexibility index (Phi) is 5.11. The van der Waals surface area contributed by atoms with Crippen molar-refractivity contribution < 1.29 is 8.42 Å². The number of hydrogen-bond acceptors (Lipinski definition) is 4. The third-order valence-corrected chi connectivity index (χ3v) is 5.48. The first-order valence-corrected chi connectivity index (χ1v) is 8.58. The van der Waals surface area contributed by atoms with Gasteiger partial charge in [0.25, 0.3) is 10.2 Å². The fraction of sp³-hybridized carbons (Fsp3) is 0.833. The lowest BCUT2D eigenvalue weighted by molar-refractivity contribution is 0.282. The van der Waals surface area contributed by atoms with Crippen LogP contribution in [0.4, 0.5) is 0 Å². The summed E-state index contributed by atoms with van der Waals surface area (Å²) < 4.78 is 30.5. The third kappa shape index (κ3) is 3.56. The molecule has 0 aliphatic heterocycles. The molecule has 0 bridgehead atoms. The highest BCUT2D eigenvalue weighted by molar-refractivity contribution is 7.87. The van der Waals surface area contributed by atoms with E-state index in [-0.39, 0.29) is 12.6 Å². The van der Waals surface area contributed by atoms with Gasteiger partial charge in [-0.3, -0.25) is 0 Å². The van der Waals surface area contributed by atoms with Crippen LogP contribution in [-0.4, -0.2) is 40.6 Å². The molecule has 1 aliphatic carbocycles. The van der Waals surface area contributed by atoms with Crippen LogP contribution in [0, 0.1) is 0 Å². The van der Waals surface area contributed by atoms with Crippen LogP contribution in [-0.2, 0) is 23.3 Å². The van der Waals surface area contributed by atoms with Gasteiger partial charge in [0, 0.05) is 19.6 Å². The molecule has 1 aromatic rings. The molecule has 0 radical (unpaired) electrons. The van der Waals surface area contributed by atoms with Crippen LogP contribution in [0.25, 0.3) is 0 Å². The van der Waals surface area contributed by atoms with Crippen molar-refractivity contribution >= 4 is 10.2 Å². The first kappa shape index (κ1) is 15.4. The Balaban J connectivity index is 1.96. The molecule has 1 saturated carbocycles. The topological polar surface area (TPSA) is 80.1 Å². The Morgan fingerprint density at radius 1 is 1.40 bits per heavy atom. The maximum Gasteiger partial charge on any atom is 0.279 e. The van der Waals surface area contributed by atoms with E-state index in [2.05, 4.69) is 14.9 Å². The molecule has 0 aromatic carbocycles. The average Bonchev–Trinajstić information content (AvgIpc) is 2.93. The summed E-state index contributed by atoms with van der Waals surface area (Å²) in [4.78, 5) is 0. The lowest BCUT2D eigenvalue weighted by atomic mass is 9.96. The monoisotopic (exact) mass is 301 g/mol. The molecule has 1 aliphatic rings. The van der Waals surface area contributed by atoms with Crippen LogP contribution in [0.3, 0.4) is 0 Å². The van der Waals surface area contributed by atoms with Gasteiger partial charge >= 0.3 is 0 Å². The second kappa shape index (κ2) is 6.64. The van der Waals surface area contributed by atoms with Crippen LogP contribution in [0.15, 0.2) is 6.33 Å². The summed E-state index contributed by atoms with van der Waals surface area (Å²) in [5.41, 5.74) is 0. The molecule has 20 heavy (non-hydrogen) atoms. The van der Waals surface area contributed by atoms with Gasteiger partial charge < -0.3 is 4.57 Å². The number of rotatable bonds is 6. The molecule has 0 spiro atoms. The summed E-state index contributed by atoms with van der Waals surface area (Å²) in [7, 11) is -1.80. The standard InChI is InChI=1S/C12H23N5O2S/c1-3-17-10-13-15-12(17)9-14-20(18,19)16(2)11-7-5-4-6-8-11/h10-11,14H,3-9H2,1-2H3. The van der Waals surface area contributed by atoms with Crippen molar-refractivity contribution in [2.75, 3.05) is 7.05 Å². The second-order valence-electron chi connectivity index (χ2n) is 5.17. The van der Waals surface area contributed by atoms with Crippen LogP contribution in [0.5, 0.6) is 0 Å². The van der Waals surface area contributed by atoms with Gasteiger partial charge in [-0.15, -0.1) is 10.2 Å². The summed E-state index contributed by atoms with van der Waals surface area (Å²) in [6.45, 7) is 2.87. The predicted octanol–water partition coefficient (Wildman–Crippen LogP) is 0.897. The molecule has 0 saturated heterocycles. The normalized spacial score (nSPS) is 17.8. The highest BCUT2D eigenvalue weighted by Gasteiger charge is 2.27. The van der Waals surface area contributed by atoms with Gasteiger partial charge in [-0.25, -0.2) is 0 Å². The fourth-order valence-electron chi connectivity index (χ4n) is 2.58. The molecule has 0 atom stereocenters. The van der Waals surface area contributed by atoms with E-state index in [9.17, 15) is 8.42 Å². The highest BCUT2D eigenvalue weighted by atomic mass is 32.2. The van der Waals surface area contributed by atoms with Gasteiger partial charge in [-0.2, -0.15) is 17.4 Å². The van der Waals surface area contributed by atoms with Crippen LogP contribution in [0.1, 0.15) is 44.9 Å². The van der Waals surface area contributed by atoms with E-state index in [4.69, 9.17) is 0 Å². The molecule has 8 heteroatoms. The molecular weight excluding hydrogens is 278 g/mol. The molecule has 7 nitrogen and oxygen atoms in total. The number of nitrogens with zero attached hydrogens (tertiary/aromatic N) is 4. The fourth-order valence-corrected chi connectivity index (χ4v) is 3.70. The maximum atomic E-state index is 12.3. The molecule has 1 N–H and O–H groups in total. The molecule has 1 fully saturated rings. The van der Waals surface area contributed by atoms with E-state index in [1.54, 1.807) is 13.4 Å². The van der Waals surface area contributed by atoms with E-state index in [0.29, 0.717) is 5.82 Å². The molecule has 2 rings (SSSR count). The van der Waals surface area contributed by atoms with E-state index in [1.165, 1.54) is 10.7 Å². The highest BCUT2D eigenvalue weighted by Crippen LogP contribution is 2.22. The van der Waals surface area contributed by atoms with Crippen molar-refractivity contribution in [1.82, 2.24) is 23.8 Å². The Morgan fingerprint density at radius 2 is 2.10 bits per heavy atom. The van der Waals surface area contributed by atoms with E-state index >= 15 is 0 Å². The number of aryl methyl sites for hydroxylation is 1. The molecule has 1 aromatic heterocycles. The molecule has 0 unspecified atom stereocenters. The van der Waals surface area contributed by atoms with Crippen LogP contribution < -0.4 is 4.72 Å². The van der Waals surface area contributed by atoms with Gasteiger partial charge in [0.05, 0.1) is 6.54 Å². The van der Waals surface area contributed by atoms with Gasteiger partial charge in [0.1, 0.15) is 12.2 Å². The summed E-state index contributed by atoms with van der Waals surface area (Å²) >= 11 is 0. The first-order chi connectivity index (χ1) is 9.54. The third-order valence-electron chi connectivity index (χ3n) is 3.92. The molecule has 0 amide bonds. The van der Waals surface area contributed by atoms with Gasteiger partial charge in [-0.1, -0.05) is 19.3 Å². The summed E-state index contributed by atoms with van der Waals surface area (Å²) in [5, 5.41) is 7.72. The molecule has 114 valence electrons. The van der Waals surface area contributed by atoms with Crippen molar-refractivity contribution in [2.24, 2.45) is 0 Å². The Morgan fingerprint density at radius 3 is 2.75 bits per heavy atom. The maximum absolute atomic E-state index is 12.3. The zero-order chi connectivity index (χ0) is 14.6. The zero-order valence-corrected chi connectivity index (χ0v) is 12.9. The Labute approximate surface area is 120 Å². The first-order valence-electron chi connectivity index (χ1n) is 7.14. The molecule has 1 heterocycles.